The fourth-order valence-corrected chi connectivity index (χ4v) is 0.970. The van der Waals surface area contributed by atoms with Gasteiger partial charge in [0.1, 0.15) is 6.10 Å². The molecule has 1 saturated heterocycles. The Morgan fingerprint density at radius 2 is 2.60 bits per heavy atom. The van der Waals surface area contributed by atoms with Crippen LogP contribution in [0.3, 0.4) is 0 Å². The van der Waals surface area contributed by atoms with Crippen molar-refractivity contribution in [3.05, 3.63) is 12.2 Å². The van der Waals surface area contributed by atoms with Gasteiger partial charge in [0.05, 0.1) is 0 Å². The molecule has 0 aromatic heterocycles. The van der Waals surface area contributed by atoms with Crippen molar-refractivity contribution < 1.29 is 9.53 Å². The zero-order valence-corrected chi connectivity index (χ0v) is 6.17. The molecular formula is C8H12O2. The van der Waals surface area contributed by atoms with Crippen LogP contribution in [-0.2, 0) is 9.53 Å². The third-order valence-electron chi connectivity index (χ3n) is 1.50. The summed E-state index contributed by atoms with van der Waals surface area (Å²) in [5.74, 6) is -0.0641. The van der Waals surface area contributed by atoms with Crippen LogP contribution in [0, 0.1) is 0 Å². The molecule has 1 heterocycles. The van der Waals surface area contributed by atoms with Crippen molar-refractivity contribution in [1.29, 1.82) is 0 Å². The van der Waals surface area contributed by atoms with E-state index in [-0.39, 0.29) is 12.1 Å². The van der Waals surface area contributed by atoms with Crippen molar-refractivity contribution in [2.45, 2.75) is 32.3 Å². The molecule has 0 saturated carbocycles. The van der Waals surface area contributed by atoms with Crippen LogP contribution >= 0.6 is 0 Å². The fraction of sp³-hybridized carbons (Fsp3) is 0.625. The zero-order chi connectivity index (χ0) is 7.40. The second-order valence-electron chi connectivity index (χ2n) is 2.40. The van der Waals surface area contributed by atoms with Crippen LogP contribution in [0.5, 0.6) is 0 Å². The van der Waals surface area contributed by atoms with Gasteiger partial charge in [0, 0.05) is 6.42 Å². The van der Waals surface area contributed by atoms with Crippen molar-refractivity contribution in [3.8, 4) is 0 Å². The Kier molecular flexibility index (Phi) is 2.49. The molecule has 2 nitrogen and oxygen atoms in total. The summed E-state index contributed by atoms with van der Waals surface area (Å²) in [5.41, 5.74) is 0. The van der Waals surface area contributed by atoms with Gasteiger partial charge in [-0.05, 0) is 18.9 Å². The number of rotatable bonds is 2. The molecule has 10 heavy (non-hydrogen) atoms. The predicted molar refractivity (Wildman–Crippen MR) is 38.5 cm³/mol. The van der Waals surface area contributed by atoms with Crippen LogP contribution in [0.2, 0.25) is 0 Å². The fourth-order valence-electron chi connectivity index (χ4n) is 0.970. The third kappa shape index (κ3) is 1.87. The minimum atomic E-state index is -0.0641. The molecule has 1 rings (SSSR count). The van der Waals surface area contributed by atoms with Gasteiger partial charge in [-0.2, -0.15) is 0 Å². The minimum Gasteiger partial charge on any atom is -0.458 e. The molecule has 1 aliphatic heterocycles. The van der Waals surface area contributed by atoms with Crippen LogP contribution in [0.1, 0.15) is 26.2 Å². The van der Waals surface area contributed by atoms with Crippen LogP contribution < -0.4 is 0 Å². The number of allylic oxidation sites excluding steroid dienone is 1. The molecule has 0 aromatic carbocycles. The van der Waals surface area contributed by atoms with Crippen LogP contribution in [0.4, 0.5) is 0 Å². The number of ether oxygens (including phenoxy) is 1. The summed E-state index contributed by atoms with van der Waals surface area (Å²) in [6.07, 6.45) is 6.50. The summed E-state index contributed by atoms with van der Waals surface area (Å²) >= 11 is 0. The topological polar surface area (TPSA) is 26.3 Å². The summed E-state index contributed by atoms with van der Waals surface area (Å²) in [6, 6.07) is 0. The number of carbonyl (C=O) groups is 1. The molecule has 2 heteroatoms. The van der Waals surface area contributed by atoms with Crippen molar-refractivity contribution in [2.75, 3.05) is 0 Å². The first-order valence-electron chi connectivity index (χ1n) is 3.69. The van der Waals surface area contributed by atoms with Crippen LogP contribution in [0.15, 0.2) is 12.2 Å². The van der Waals surface area contributed by atoms with Gasteiger partial charge in [-0.1, -0.05) is 13.0 Å². The number of cyclic esters (lactones) is 1. The lowest BCUT2D eigenvalue weighted by Gasteiger charge is -1.99. The maximum absolute atomic E-state index is 10.6. The molecule has 0 radical (unpaired) electrons. The van der Waals surface area contributed by atoms with Crippen LogP contribution in [-0.4, -0.2) is 12.1 Å². The average Bonchev–Trinajstić information content (AvgIpc) is 2.31. The van der Waals surface area contributed by atoms with Gasteiger partial charge in [-0.3, -0.25) is 4.79 Å². The van der Waals surface area contributed by atoms with E-state index in [1.54, 1.807) is 0 Å². The van der Waals surface area contributed by atoms with E-state index in [0.29, 0.717) is 6.42 Å². The highest BCUT2D eigenvalue weighted by Crippen LogP contribution is 2.14. The Morgan fingerprint density at radius 1 is 1.80 bits per heavy atom. The molecule has 0 N–H and O–H groups in total. The molecule has 56 valence electrons. The molecular weight excluding hydrogens is 128 g/mol. The highest BCUT2D eigenvalue weighted by atomic mass is 16.5. The summed E-state index contributed by atoms with van der Waals surface area (Å²) in [7, 11) is 0. The van der Waals surface area contributed by atoms with Gasteiger partial charge in [0.25, 0.3) is 0 Å². The van der Waals surface area contributed by atoms with Gasteiger partial charge in [-0.25, -0.2) is 0 Å². The van der Waals surface area contributed by atoms with Crippen molar-refractivity contribution in [3.63, 3.8) is 0 Å². The third-order valence-corrected chi connectivity index (χ3v) is 1.50. The molecule has 0 spiro atoms. The highest BCUT2D eigenvalue weighted by molar-refractivity contribution is 5.71. The second-order valence-corrected chi connectivity index (χ2v) is 2.40. The van der Waals surface area contributed by atoms with E-state index in [9.17, 15) is 4.79 Å². The molecule has 1 atom stereocenters. The molecule has 0 amide bonds. The molecule has 0 aliphatic carbocycles. The Morgan fingerprint density at radius 3 is 3.10 bits per heavy atom. The molecule has 1 fully saturated rings. The van der Waals surface area contributed by atoms with E-state index in [2.05, 4.69) is 6.92 Å². The van der Waals surface area contributed by atoms with Gasteiger partial charge < -0.3 is 4.74 Å². The number of hydrogen-bond donors (Lipinski definition) is 0. The van der Waals surface area contributed by atoms with Gasteiger partial charge >= 0.3 is 5.97 Å². The Labute approximate surface area is 60.9 Å². The Hall–Kier alpha value is -0.790. The number of esters is 1. The van der Waals surface area contributed by atoms with Crippen molar-refractivity contribution in [2.24, 2.45) is 0 Å². The SMILES string of the molecule is CC/C=C/C1CCC(=O)O1. The van der Waals surface area contributed by atoms with Gasteiger partial charge in [0.15, 0.2) is 0 Å². The second kappa shape index (κ2) is 3.40. The lowest BCUT2D eigenvalue weighted by Crippen LogP contribution is -2.01. The Bertz CT molecular complexity index is 149. The molecule has 1 aliphatic rings. The van der Waals surface area contributed by atoms with E-state index in [0.717, 1.165) is 12.8 Å². The quantitative estimate of drug-likeness (QED) is 0.430. The minimum absolute atomic E-state index is 0.0625. The largest absolute Gasteiger partial charge is 0.458 e. The molecule has 0 bridgehead atoms. The summed E-state index contributed by atoms with van der Waals surface area (Å²) in [6.45, 7) is 2.06. The first-order valence-corrected chi connectivity index (χ1v) is 3.69. The summed E-state index contributed by atoms with van der Waals surface area (Å²) < 4.78 is 4.94. The highest BCUT2D eigenvalue weighted by Gasteiger charge is 2.19. The molecule has 1 unspecified atom stereocenters. The maximum Gasteiger partial charge on any atom is 0.306 e. The normalized spacial score (nSPS) is 25.7. The predicted octanol–water partition coefficient (Wildman–Crippen LogP) is 1.66. The van der Waals surface area contributed by atoms with Crippen molar-refractivity contribution >= 4 is 5.97 Å². The summed E-state index contributed by atoms with van der Waals surface area (Å²) in [5, 5.41) is 0. The smallest absolute Gasteiger partial charge is 0.306 e. The van der Waals surface area contributed by atoms with E-state index < -0.39 is 0 Å². The maximum atomic E-state index is 10.6. The number of carbonyl (C=O) groups excluding carboxylic acids is 1. The average molecular weight is 140 g/mol. The Balaban J connectivity index is 2.31. The zero-order valence-electron chi connectivity index (χ0n) is 6.17. The lowest BCUT2D eigenvalue weighted by molar-refractivity contribution is -0.139. The van der Waals surface area contributed by atoms with Gasteiger partial charge in [-0.15, -0.1) is 0 Å². The van der Waals surface area contributed by atoms with E-state index in [4.69, 9.17) is 4.74 Å². The standard InChI is InChI=1S/C8H12O2/c1-2-3-4-7-5-6-8(9)10-7/h3-4,7H,2,5-6H2,1H3/b4-3+. The van der Waals surface area contributed by atoms with Gasteiger partial charge in [0.2, 0.25) is 0 Å². The van der Waals surface area contributed by atoms with E-state index in [1.807, 2.05) is 12.2 Å². The van der Waals surface area contributed by atoms with E-state index in [1.165, 1.54) is 0 Å². The van der Waals surface area contributed by atoms with Crippen LogP contribution in [0.25, 0.3) is 0 Å². The first-order chi connectivity index (χ1) is 4.83. The summed E-state index contributed by atoms with van der Waals surface area (Å²) in [4.78, 5) is 10.6. The van der Waals surface area contributed by atoms with Crippen molar-refractivity contribution in [1.82, 2.24) is 0 Å². The first kappa shape index (κ1) is 7.32. The number of hydrogen-bond acceptors (Lipinski definition) is 2. The lowest BCUT2D eigenvalue weighted by atomic mass is 10.2. The monoisotopic (exact) mass is 140 g/mol. The molecule has 0 aromatic rings. The van der Waals surface area contributed by atoms with E-state index >= 15 is 0 Å².